The highest BCUT2D eigenvalue weighted by Gasteiger charge is 2.21. The van der Waals surface area contributed by atoms with Crippen LogP contribution in [-0.2, 0) is 6.54 Å². The lowest BCUT2D eigenvalue weighted by molar-refractivity contribution is 0.0965. The Labute approximate surface area is 81.8 Å². The predicted molar refractivity (Wildman–Crippen MR) is 50.7 cm³/mol. The molecule has 0 saturated carbocycles. The molecule has 0 radical (unpaired) electrons. The molecular formula is C10H11NO3. The second kappa shape index (κ2) is 3.21. The highest BCUT2D eigenvalue weighted by molar-refractivity contribution is 5.99. The van der Waals surface area contributed by atoms with Gasteiger partial charge in [0.25, 0.3) is 5.91 Å². The minimum absolute atomic E-state index is 0.0547. The first-order chi connectivity index (χ1) is 6.76. The fraction of sp³-hybridized carbons (Fsp3) is 0.300. The van der Waals surface area contributed by atoms with E-state index in [0.29, 0.717) is 23.6 Å². The van der Waals surface area contributed by atoms with Crippen LogP contribution < -0.4 is 14.8 Å². The van der Waals surface area contributed by atoms with Crippen molar-refractivity contribution in [2.75, 3.05) is 14.2 Å². The average molecular weight is 193 g/mol. The molecule has 1 aromatic rings. The summed E-state index contributed by atoms with van der Waals surface area (Å²) in [5, 5.41) is 2.74. The first-order valence-electron chi connectivity index (χ1n) is 4.29. The van der Waals surface area contributed by atoms with E-state index in [1.807, 2.05) is 6.07 Å². The molecule has 0 unspecified atom stereocenters. The van der Waals surface area contributed by atoms with Gasteiger partial charge in [-0.25, -0.2) is 0 Å². The third kappa shape index (κ3) is 1.19. The zero-order chi connectivity index (χ0) is 10.1. The molecule has 74 valence electrons. The Hall–Kier alpha value is -1.71. The molecule has 1 heterocycles. The molecule has 0 aliphatic carbocycles. The van der Waals surface area contributed by atoms with E-state index in [9.17, 15) is 4.79 Å². The molecule has 2 rings (SSSR count). The van der Waals surface area contributed by atoms with Gasteiger partial charge >= 0.3 is 0 Å². The highest BCUT2D eigenvalue weighted by Crippen LogP contribution is 2.32. The molecule has 0 atom stereocenters. The summed E-state index contributed by atoms with van der Waals surface area (Å²) in [7, 11) is 3.13. The van der Waals surface area contributed by atoms with Gasteiger partial charge in [-0.3, -0.25) is 4.79 Å². The van der Waals surface area contributed by atoms with Crippen LogP contribution in [0, 0.1) is 0 Å². The summed E-state index contributed by atoms with van der Waals surface area (Å²) in [5.74, 6) is 1.19. The van der Waals surface area contributed by atoms with Gasteiger partial charge < -0.3 is 14.8 Å². The largest absolute Gasteiger partial charge is 0.493 e. The Morgan fingerprint density at radius 1 is 1.21 bits per heavy atom. The zero-order valence-corrected chi connectivity index (χ0v) is 8.09. The molecule has 1 aliphatic rings. The van der Waals surface area contributed by atoms with Crippen molar-refractivity contribution in [3.8, 4) is 11.5 Å². The third-order valence-electron chi connectivity index (χ3n) is 2.29. The third-order valence-corrected chi connectivity index (χ3v) is 2.29. The molecule has 1 N–H and O–H groups in total. The molecule has 0 fully saturated rings. The summed E-state index contributed by atoms with van der Waals surface area (Å²) < 4.78 is 10.2. The van der Waals surface area contributed by atoms with Gasteiger partial charge in [-0.05, 0) is 17.7 Å². The number of ether oxygens (including phenoxy) is 2. The second-order valence-electron chi connectivity index (χ2n) is 3.05. The number of nitrogens with one attached hydrogen (secondary N) is 1. The summed E-state index contributed by atoms with van der Waals surface area (Å²) >= 11 is 0. The van der Waals surface area contributed by atoms with Gasteiger partial charge in [0.2, 0.25) is 0 Å². The fourth-order valence-corrected chi connectivity index (χ4v) is 1.55. The number of amides is 1. The van der Waals surface area contributed by atoms with Crippen molar-refractivity contribution in [2.24, 2.45) is 0 Å². The molecule has 0 saturated heterocycles. The van der Waals surface area contributed by atoms with Crippen molar-refractivity contribution < 1.29 is 14.3 Å². The molecule has 1 aromatic carbocycles. The number of carbonyl (C=O) groups excluding carboxylic acids is 1. The highest BCUT2D eigenvalue weighted by atomic mass is 16.5. The van der Waals surface area contributed by atoms with Gasteiger partial charge in [0.05, 0.1) is 14.2 Å². The predicted octanol–water partition coefficient (Wildman–Crippen LogP) is 0.947. The average Bonchev–Trinajstić information content (AvgIpc) is 2.58. The van der Waals surface area contributed by atoms with E-state index in [1.54, 1.807) is 20.3 Å². The Morgan fingerprint density at radius 3 is 2.50 bits per heavy atom. The van der Waals surface area contributed by atoms with Crippen LogP contribution in [0.3, 0.4) is 0 Å². The van der Waals surface area contributed by atoms with Gasteiger partial charge in [-0.1, -0.05) is 0 Å². The van der Waals surface area contributed by atoms with E-state index in [1.165, 1.54) is 0 Å². The van der Waals surface area contributed by atoms with Crippen LogP contribution in [0.2, 0.25) is 0 Å². The van der Waals surface area contributed by atoms with Gasteiger partial charge in [0.1, 0.15) is 0 Å². The fourth-order valence-electron chi connectivity index (χ4n) is 1.55. The molecule has 1 aliphatic heterocycles. The topological polar surface area (TPSA) is 47.6 Å². The maximum atomic E-state index is 11.3. The number of methoxy groups -OCH3 is 2. The Balaban J connectivity index is 2.54. The van der Waals surface area contributed by atoms with Crippen LogP contribution in [0.25, 0.3) is 0 Å². The van der Waals surface area contributed by atoms with Gasteiger partial charge in [0.15, 0.2) is 11.5 Å². The first kappa shape index (κ1) is 8.87. The Bertz CT molecular complexity index is 387. The van der Waals surface area contributed by atoms with E-state index < -0.39 is 0 Å². The van der Waals surface area contributed by atoms with E-state index in [0.717, 1.165) is 5.56 Å². The first-order valence-corrected chi connectivity index (χ1v) is 4.29. The summed E-state index contributed by atoms with van der Waals surface area (Å²) in [6, 6.07) is 3.53. The standard InChI is InChI=1S/C10H11NO3/c1-13-8-3-6-5-11-10(12)7(6)4-9(8)14-2/h3-4H,5H2,1-2H3,(H,11,12). The van der Waals surface area contributed by atoms with Gasteiger partial charge in [-0.15, -0.1) is 0 Å². The molecule has 4 heteroatoms. The second-order valence-corrected chi connectivity index (χ2v) is 3.05. The van der Waals surface area contributed by atoms with Crippen molar-refractivity contribution in [1.82, 2.24) is 5.32 Å². The van der Waals surface area contributed by atoms with E-state index in [4.69, 9.17) is 9.47 Å². The summed E-state index contributed by atoms with van der Waals surface area (Å²) in [4.78, 5) is 11.3. The number of hydrogen-bond donors (Lipinski definition) is 1. The Morgan fingerprint density at radius 2 is 1.86 bits per heavy atom. The minimum Gasteiger partial charge on any atom is -0.493 e. The van der Waals surface area contributed by atoms with E-state index in [-0.39, 0.29) is 5.91 Å². The number of benzene rings is 1. The SMILES string of the molecule is COc1cc2c(cc1OC)C(=O)NC2. The lowest BCUT2D eigenvalue weighted by Crippen LogP contribution is -2.12. The minimum atomic E-state index is -0.0547. The lowest BCUT2D eigenvalue weighted by atomic mass is 10.1. The number of fused-ring (bicyclic) bond motifs is 1. The molecule has 4 nitrogen and oxygen atoms in total. The van der Waals surface area contributed by atoms with E-state index >= 15 is 0 Å². The van der Waals surface area contributed by atoms with Crippen LogP contribution in [0.5, 0.6) is 11.5 Å². The van der Waals surface area contributed by atoms with Crippen LogP contribution in [0.4, 0.5) is 0 Å². The maximum absolute atomic E-state index is 11.3. The monoisotopic (exact) mass is 193 g/mol. The molecular weight excluding hydrogens is 182 g/mol. The normalized spacial score (nSPS) is 13.4. The molecule has 0 aromatic heterocycles. The summed E-state index contributed by atoms with van der Waals surface area (Å²) in [5.41, 5.74) is 1.62. The van der Waals surface area contributed by atoms with Crippen LogP contribution in [0.15, 0.2) is 12.1 Å². The Kier molecular flexibility index (Phi) is 2.04. The summed E-state index contributed by atoms with van der Waals surface area (Å²) in [6.45, 7) is 0.564. The lowest BCUT2D eigenvalue weighted by Gasteiger charge is -2.08. The van der Waals surface area contributed by atoms with Gasteiger partial charge in [-0.2, -0.15) is 0 Å². The van der Waals surface area contributed by atoms with Crippen molar-refractivity contribution in [3.63, 3.8) is 0 Å². The quantitative estimate of drug-likeness (QED) is 0.760. The smallest absolute Gasteiger partial charge is 0.252 e. The van der Waals surface area contributed by atoms with Crippen molar-refractivity contribution in [2.45, 2.75) is 6.54 Å². The van der Waals surface area contributed by atoms with E-state index in [2.05, 4.69) is 5.32 Å². The number of carbonyl (C=O) groups is 1. The van der Waals surface area contributed by atoms with Crippen molar-refractivity contribution >= 4 is 5.91 Å². The molecule has 1 amide bonds. The zero-order valence-electron chi connectivity index (χ0n) is 8.09. The van der Waals surface area contributed by atoms with Gasteiger partial charge in [0, 0.05) is 12.1 Å². The van der Waals surface area contributed by atoms with Crippen LogP contribution in [-0.4, -0.2) is 20.1 Å². The summed E-state index contributed by atoms with van der Waals surface area (Å²) in [6.07, 6.45) is 0. The number of rotatable bonds is 2. The molecule has 0 bridgehead atoms. The van der Waals surface area contributed by atoms with Crippen molar-refractivity contribution in [1.29, 1.82) is 0 Å². The maximum Gasteiger partial charge on any atom is 0.252 e. The van der Waals surface area contributed by atoms with Crippen molar-refractivity contribution in [3.05, 3.63) is 23.3 Å². The molecule has 14 heavy (non-hydrogen) atoms. The molecule has 0 spiro atoms. The van der Waals surface area contributed by atoms with Crippen LogP contribution in [0.1, 0.15) is 15.9 Å². The number of hydrogen-bond acceptors (Lipinski definition) is 3. The van der Waals surface area contributed by atoms with Crippen LogP contribution >= 0.6 is 0 Å².